The number of nitrogens with zero attached hydrogens (tertiary/aromatic N) is 3. The Bertz CT molecular complexity index is 894. The monoisotopic (exact) mass is 389 g/mol. The second kappa shape index (κ2) is 6.46. The highest BCUT2D eigenvalue weighted by Gasteiger charge is 2.39. The average Bonchev–Trinajstić information content (AvgIpc) is 2.84. The van der Waals surface area contributed by atoms with Crippen LogP contribution in [0.3, 0.4) is 0 Å². The molecule has 1 aromatic carbocycles. The van der Waals surface area contributed by atoms with Crippen LogP contribution < -0.4 is 0 Å². The Hall–Kier alpha value is -2.29. The van der Waals surface area contributed by atoms with Crippen LogP contribution in [-0.2, 0) is 29.6 Å². The van der Waals surface area contributed by atoms with Crippen LogP contribution in [0.2, 0.25) is 5.02 Å². The molecule has 0 bridgehead atoms. The predicted octanol–water partition coefficient (Wildman–Crippen LogP) is 2.76. The van der Waals surface area contributed by atoms with Crippen molar-refractivity contribution in [2.45, 2.75) is 25.6 Å². The lowest BCUT2D eigenvalue weighted by atomic mass is 9.93. The number of aromatic nitrogens is 2. The number of hydrogen-bond acceptors (Lipinski definition) is 3. The maximum atomic E-state index is 12.9. The second-order valence-corrected chi connectivity index (χ2v) is 6.74. The first kappa shape index (κ1) is 18.5. The molecule has 10 heteroatoms. The van der Waals surface area contributed by atoms with Crippen molar-refractivity contribution < 1.29 is 27.9 Å². The van der Waals surface area contributed by atoms with Crippen LogP contribution in [0.4, 0.5) is 13.2 Å². The van der Waals surface area contributed by atoms with Crippen molar-refractivity contribution in [3.05, 3.63) is 28.4 Å². The summed E-state index contributed by atoms with van der Waals surface area (Å²) in [6.07, 6.45) is -3.63. The average molecular weight is 390 g/mol. The van der Waals surface area contributed by atoms with Crippen LogP contribution in [0, 0.1) is 5.92 Å². The third-order valence-corrected chi connectivity index (χ3v) is 4.73. The van der Waals surface area contributed by atoms with Crippen molar-refractivity contribution in [1.82, 2.24) is 14.7 Å². The third kappa shape index (κ3) is 3.48. The van der Waals surface area contributed by atoms with Gasteiger partial charge in [0.25, 0.3) is 0 Å². The van der Waals surface area contributed by atoms with E-state index in [1.54, 1.807) is 13.1 Å². The topological polar surface area (TPSA) is 75.4 Å². The fraction of sp³-hybridized carbons (Fsp3) is 0.438. The molecule has 0 saturated heterocycles. The Kier molecular flexibility index (Phi) is 4.60. The maximum Gasteiger partial charge on any atom is 0.406 e. The normalized spacial score (nSPS) is 18.1. The summed E-state index contributed by atoms with van der Waals surface area (Å²) in [5, 5.41) is 14.0. The maximum absolute atomic E-state index is 12.9. The lowest BCUT2D eigenvalue weighted by molar-refractivity contribution is -0.165. The van der Waals surface area contributed by atoms with Crippen LogP contribution in [0.25, 0.3) is 10.9 Å². The molecule has 1 aliphatic rings. The number of aliphatic carboxylic acids is 1. The van der Waals surface area contributed by atoms with Gasteiger partial charge in [-0.2, -0.15) is 18.3 Å². The number of rotatable bonds is 3. The van der Waals surface area contributed by atoms with Gasteiger partial charge < -0.3 is 10.0 Å². The summed E-state index contributed by atoms with van der Waals surface area (Å²) < 4.78 is 40.3. The first-order valence-corrected chi connectivity index (χ1v) is 8.14. The van der Waals surface area contributed by atoms with E-state index >= 15 is 0 Å². The Morgan fingerprint density at radius 3 is 2.77 bits per heavy atom. The minimum absolute atomic E-state index is 0.0133. The standard InChI is InChI=1S/C16H15ClF3N3O3/c1-22-14-10(5-21-22)11-6-23(7-16(18,19)20)15(26)9(4-13(24)25)2-8(11)3-12(14)17/h3,5,9H,2,4,6-7H2,1H3,(H,24,25). The van der Waals surface area contributed by atoms with E-state index in [0.29, 0.717) is 32.0 Å². The number of carboxylic acids is 1. The Morgan fingerprint density at radius 2 is 2.15 bits per heavy atom. The molecular weight excluding hydrogens is 375 g/mol. The van der Waals surface area contributed by atoms with Crippen molar-refractivity contribution in [2.24, 2.45) is 13.0 Å². The van der Waals surface area contributed by atoms with Gasteiger partial charge in [0.15, 0.2) is 0 Å². The summed E-state index contributed by atoms with van der Waals surface area (Å²) >= 11 is 6.27. The van der Waals surface area contributed by atoms with Crippen LogP contribution in [0.5, 0.6) is 0 Å². The highest BCUT2D eigenvalue weighted by atomic mass is 35.5. The van der Waals surface area contributed by atoms with Gasteiger partial charge in [-0.3, -0.25) is 14.3 Å². The van der Waals surface area contributed by atoms with Gasteiger partial charge in [0, 0.05) is 19.0 Å². The number of amides is 1. The molecule has 0 radical (unpaired) electrons. The molecule has 2 aromatic rings. The van der Waals surface area contributed by atoms with Crippen molar-refractivity contribution >= 4 is 34.4 Å². The van der Waals surface area contributed by atoms with Crippen molar-refractivity contribution in [3.63, 3.8) is 0 Å². The minimum Gasteiger partial charge on any atom is -0.481 e. The predicted molar refractivity (Wildman–Crippen MR) is 86.6 cm³/mol. The zero-order chi connectivity index (χ0) is 19.2. The smallest absolute Gasteiger partial charge is 0.406 e. The molecule has 0 spiro atoms. The Balaban J connectivity index is 2.14. The van der Waals surface area contributed by atoms with Gasteiger partial charge in [0.05, 0.1) is 29.1 Å². The molecule has 0 saturated carbocycles. The molecule has 1 unspecified atom stereocenters. The highest BCUT2D eigenvalue weighted by Crippen LogP contribution is 2.35. The van der Waals surface area contributed by atoms with Gasteiger partial charge in [-0.15, -0.1) is 0 Å². The van der Waals surface area contributed by atoms with Crippen molar-refractivity contribution in [3.8, 4) is 0 Å². The molecule has 1 amide bonds. The third-order valence-electron chi connectivity index (χ3n) is 4.45. The quantitative estimate of drug-likeness (QED) is 0.875. The van der Waals surface area contributed by atoms with Crippen molar-refractivity contribution in [1.29, 1.82) is 0 Å². The molecule has 1 N–H and O–H groups in total. The summed E-state index contributed by atoms with van der Waals surface area (Å²) in [6, 6.07) is 1.58. The number of fused-ring (bicyclic) bond motifs is 3. The van der Waals surface area contributed by atoms with Gasteiger partial charge >= 0.3 is 12.1 Å². The number of carbonyl (C=O) groups is 2. The Morgan fingerprint density at radius 1 is 1.46 bits per heavy atom. The number of benzene rings is 1. The molecule has 0 aliphatic carbocycles. The van der Waals surface area contributed by atoms with Gasteiger partial charge in [0.2, 0.25) is 5.91 Å². The van der Waals surface area contributed by atoms with E-state index in [0.717, 1.165) is 0 Å². The molecule has 2 heterocycles. The summed E-state index contributed by atoms with van der Waals surface area (Å²) in [5.41, 5.74) is 1.64. The molecule has 0 fully saturated rings. The molecule has 1 atom stereocenters. The second-order valence-electron chi connectivity index (χ2n) is 6.33. The van der Waals surface area contributed by atoms with E-state index in [4.69, 9.17) is 16.7 Å². The number of hydrogen-bond donors (Lipinski definition) is 1. The summed E-state index contributed by atoms with van der Waals surface area (Å²) in [6.45, 7) is -1.71. The molecular formula is C16H15ClF3N3O3. The number of alkyl halides is 3. The SMILES string of the molecule is Cn1ncc2c3c(cc(Cl)c21)CC(CC(=O)O)C(=O)N(CC(F)(F)F)C3. The van der Waals surface area contributed by atoms with Gasteiger partial charge in [-0.05, 0) is 23.6 Å². The summed E-state index contributed by atoms with van der Waals surface area (Å²) in [4.78, 5) is 24.3. The number of carbonyl (C=O) groups excluding carboxylic acids is 1. The molecule has 140 valence electrons. The fourth-order valence-corrected chi connectivity index (χ4v) is 3.75. The van der Waals surface area contributed by atoms with Gasteiger partial charge in [-0.1, -0.05) is 11.6 Å². The molecule has 1 aliphatic heterocycles. The molecule has 1 aromatic heterocycles. The van der Waals surface area contributed by atoms with Crippen LogP contribution in [0.1, 0.15) is 17.5 Å². The molecule has 6 nitrogen and oxygen atoms in total. The number of aryl methyl sites for hydroxylation is 1. The Labute approximate surface area is 151 Å². The van der Waals surface area contributed by atoms with Crippen molar-refractivity contribution in [2.75, 3.05) is 6.54 Å². The highest BCUT2D eigenvalue weighted by molar-refractivity contribution is 6.35. The summed E-state index contributed by atoms with van der Waals surface area (Å²) in [7, 11) is 1.66. The van der Waals surface area contributed by atoms with Crippen LogP contribution >= 0.6 is 11.6 Å². The zero-order valence-corrected chi connectivity index (χ0v) is 14.4. The van der Waals surface area contributed by atoms with E-state index in [2.05, 4.69) is 5.10 Å². The zero-order valence-electron chi connectivity index (χ0n) is 13.7. The minimum atomic E-state index is -4.59. The van der Waals surface area contributed by atoms with E-state index in [9.17, 15) is 22.8 Å². The number of carboxylic acid groups (broad SMARTS) is 1. The van der Waals surface area contributed by atoms with E-state index in [-0.39, 0.29) is 13.0 Å². The first-order chi connectivity index (χ1) is 12.1. The van der Waals surface area contributed by atoms with Gasteiger partial charge in [0.1, 0.15) is 6.54 Å². The number of halogens is 4. The van der Waals surface area contributed by atoms with E-state index < -0.39 is 36.9 Å². The summed E-state index contributed by atoms with van der Waals surface area (Å²) in [5.74, 6) is -3.15. The molecule has 3 rings (SSSR count). The largest absolute Gasteiger partial charge is 0.481 e. The lowest BCUT2D eigenvalue weighted by Crippen LogP contribution is -2.41. The molecule has 26 heavy (non-hydrogen) atoms. The fourth-order valence-electron chi connectivity index (χ4n) is 3.39. The van der Waals surface area contributed by atoms with Crippen LogP contribution in [-0.4, -0.2) is 44.4 Å². The first-order valence-electron chi connectivity index (χ1n) is 7.76. The van der Waals surface area contributed by atoms with Gasteiger partial charge in [-0.25, -0.2) is 0 Å². The van der Waals surface area contributed by atoms with E-state index in [1.807, 2.05) is 0 Å². The lowest BCUT2D eigenvalue weighted by Gasteiger charge is -2.25. The van der Waals surface area contributed by atoms with E-state index in [1.165, 1.54) is 10.9 Å². The van der Waals surface area contributed by atoms with Crippen LogP contribution in [0.15, 0.2) is 12.3 Å².